The van der Waals surface area contributed by atoms with Gasteiger partial charge in [-0.15, -0.1) is 0 Å². The first-order chi connectivity index (χ1) is 16.8. The van der Waals surface area contributed by atoms with Crippen LogP contribution in [0.25, 0.3) is 0 Å². The van der Waals surface area contributed by atoms with Crippen LogP contribution in [-0.4, -0.2) is 41.9 Å². The number of allylic oxidation sites excluding steroid dienone is 1. The Morgan fingerprint density at radius 3 is 1.74 bits per heavy atom. The SMILES string of the molecule is CC12CCCCN1S(=O)(=O)C(C(=O)C[P+](c1ccccc1)(c1ccccc1)c1ccccc1)=C2O. The minimum absolute atomic E-state index is 0.0203. The quantitative estimate of drug-likeness (QED) is 0.515. The number of piperidine rings is 1. The highest BCUT2D eigenvalue weighted by Crippen LogP contribution is 2.56. The van der Waals surface area contributed by atoms with Gasteiger partial charge in [-0.2, -0.15) is 4.31 Å². The first-order valence-corrected chi connectivity index (χ1v) is 15.3. The number of hydrogen-bond donors (Lipinski definition) is 1. The van der Waals surface area contributed by atoms with Crippen LogP contribution in [0, 0.1) is 0 Å². The van der Waals surface area contributed by atoms with Gasteiger partial charge in [0.25, 0.3) is 10.0 Å². The summed E-state index contributed by atoms with van der Waals surface area (Å²) in [4.78, 5) is 13.7. The zero-order valence-electron chi connectivity index (χ0n) is 19.7. The molecule has 0 aliphatic carbocycles. The van der Waals surface area contributed by atoms with Crippen LogP contribution in [0.4, 0.5) is 0 Å². The standard InChI is InChI=1S/C28H28NO4PS/c1-28-19-11-12-20-29(28)35(32,33)26(27(28)31)25(30)21-34(22-13-5-2-6-14-22,23-15-7-3-8-16-23)24-17-9-4-10-18-24/h2-10,13-18H,11-12,19-21H2,1H3/p+1. The Morgan fingerprint density at radius 2 is 1.31 bits per heavy atom. The molecule has 1 N–H and O–H groups in total. The zero-order chi connectivity index (χ0) is 24.7. The van der Waals surface area contributed by atoms with Crippen molar-refractivity contribution in [2.75, 3.05) is 12.7 Å². The molecule has 5 rings (SSSR count). The molecule has 0 amide bonds. The third kappa shape index (κ3) is 3.76. The van der Waals surface area contributed by atoms with Crippen LogP contribution in [0.3, 0.4) is 0 Å². The largest absolute Gasteiger partial charge is 0.509 e. The summed E-state index contributed by atoms with van der Waals surface area (Å²) in [6.07, 6.45) is 2.01. The number of benzene rings is 3. The van der Waals surface area contributed by atoms with Gasteiger partial charge in [-0.25, -0.2) is 8.42 Å². The Bertz CT molecular complexity index is 1280. The van der Waals surface area contributed by atoms with Crippen molar-refractivity contribution in [2.24, 2.45) is 0 Å². The number of nitrogens with zero attached hydrogens (tertiary/aromatic N) is 1. The van der Waals surface area contributed by atoms with Gasteiger partial charge in [0, 0.05) is 6.54 Å². The van der Waals surface area contributed by atoms with Crippen molar-refractivity contribution < 1.29 is 18.3 Å². The number of Topliss-reactive ketones (excluding diaryl/α,β-unsaturated/α-hetero) is 1. The van der Waals surface area contributed by atoms with Gasteiger partial charge in [-0.1, -0.05) is 54.6 Å². The van der Waals surface area contributed by atoms with E-state index in [1.807, 2.05) is 91.0 Å². The van der Waals surface area contributed by atoms with Crippen molar-refractivity contribution in [3.05, 3.63) is 102 Å². The fraction of sp³-hybridized carbons (Fsp3) is 0.250. The molecule has 1 unspecified atom stereocenters. The maximum absolute atomic E-state index is 14.1. The van der Waals surface area contributed by atoms with Gasteiger partial charge in [0.05, 0.1) is 5.54 Å². The van der Waals surface area contributed by atoms with Crippen LogP contribution in [0.5, 0.6) is 0 Å². The molecule has 1 fully saturated rings. The Kier molecular flexibility index (Phi) is 6.16. The van der Waals surface area contributed by atoms with Crippen molar-refractivity contribution in [1.29, 1.82) is 0 Å². The molecule has 7 heteroatoms. The summed E-state index contributed by atoms with van der Waals surface area (Å²) in [6, 6.07) is 29.6. The molecule has 0 saturated carbocycles. The second kappa shape index (κ2) is 9.02. The lowest BCUT2D eigenvalue weighted by Crippen LogP contribution is -2.49. The van der Waals surface area contributed by atoms with Crippen LogP contribution >= 0.6 is 7.26 Å². The van der Waals surface area contributed by atoms with E-state index >= 15 is 0 Å². The third-order valence-corrected chi connectivity index (χ3v) is 13.7. The Balaban J connectivity index is 1.72. The van der Waals surface area contributed by atoms with E-state index < -0.39 is 33.5 Å². The lowest BCUT2D eigenvalue weighted by molar-refractivity contribution is -0.112. The Morgan fingerprint density at radius 1 is 0.857 bits per heavy atom. The maximum atomic E-state index is 14.1. The first kappa shape index (κ1) is 23.9. The van der Waals surface area contributed by atoms with Crippen molar-refractivity contribution >= 4 is 39.0 Å². The van der Waals surface area contributed by atoms with E-state index in [4.69, 9.17) is 0 Å². The number of aliphatic hydroxyl groups excluding tert-OH is 1. The van der Waals surface area contributed by atoms with Gasteiger partial charge in [-0.05, 0) is 62.6 Å². The van der Waals surface area contributed by atoms with Crippen LogP contribution in [0.2, 0.25) is 0 Å². The average Bonchev–Trinajstić information content (AvgIpc) is 3.05. The van der Waals surface area contributed by atoms with Gasteiger partial charge in [0.15, 0.2) is 4.91 Å². The molecule has 2 aliphatic heterocycles. The monoisotopic (exact) mass is 506 g/mol. The topological polar surface area (TPSA) is 74.7 Å². The summed E-state index contributed by atoms with van der Waals surface area (Å²) in [5.41, 5.74) is -1.05. The molecule has 1 atom stereocenters. The molecular weight excluding hydrogens is 477 g/mol. The van der Waals surface area contributed by atoms with Gasteiger partial charge in [0.2, 0.25) is 5.78 Å². The van der Waals surface area contributed by atoms with Crippen molar-refractivity contribution in [1.82, 2.24) is 4.31 Å². The lowest BCUT2D eigenvalue weighted by Gasteiger charge is -2.37. The zero-order valence-corrected chi connectivity index (χ0v) is 21.4. The number of sulfonamides is 1. The van der Waals surface area contributed by atoms with E-state index in [1.54, 1.807) is 6.92 Å². The number of carbonyl (C=O) groups excluding carboxylic acids is 1. The number of carbonyl (C=O) groups is 1. The summed E-state index contributed by atoms with van der Waals surface area (Å²) in [7, 11) is -6.67. The van der Waals surface area contributed by atoms with Crippen molar-refractivity contribution in [2.45, 2.75) is 31.7 Å². The maximum Gasteiger partial charge on any atom is 0.251 e. The van der Waals surface area contributed by atoms with E-state index in [9.17, 15) is 18.3 Å². The second-order valence-corrected chi connectivity index (χ2v) is 14.7. The van der Waals surface area contributed by atoms with Gasteiger partial charge < -0.3 is 5.11 Å². The van der Waals surface area contributed by atoms with E-state index in [2.05, 4.69) is 0 Å². The Labute approximate surface area is 207 Å². The molecule has 3 aromatic carbocycles. The summed E-state index contributed by atoms with van der Waals surface area (Å²) < 4.78 is 28.5. The highest BCUT2D eigenvalue weighted by atomic mass is 32.2. The molecule has 5 nitrogen and oxygen atoms in total. The first-order valence-electron chi connectivity index (χ1n) is 11.9. The summed E-state index contributed by atoms with van der Waals surface area (Å²) >= 11 is 0. The molecule has 1 saturated heterocycles. The molecule has 0 aromatic heterocycles. The average molecular weight is 507 g/mol. The smallest absolute Gasteiger partial charge is 0.251 e. The fourth-order valence-electron chi connectivity index (χ4n) is 5.53. The van der Waals surface area contributed by atoms with Crippen LogP contribution in [0.15, 0.2) is 102 Å². The van der Waals surface area contributed by atoms with E-state index in [0.717, 1.165) is 28.8 Å². The molecule has 35 heavy (non-hydrogen) atoms. The molecule has 3 aromatic rings. The van der Waals surface area contributed by atoms with Crippen LogP contribution < -0.4 is 15.9 Å². The number of rotatable bonds is 6. The number of hydrogen-bond acceptors (Lipinski definition) is 4. The second-order valence-electron chi connectivity index (χ2n) is 9.38. The van der Waals surface area contributed by atoms with Gasteiger partial charge in [0.1, 0.15) is 35.1 Å². The number of fused-ring (bicyclic) bond motifs is 1. The molecule has 2 aliphatic rings. The molecule has 0 bridgehead atoms. The normalized spacial score (nSPS) is 22.1. The van der Waals surface area contributed by atoms with Gasteiger partial charge in [-0.3, -0.25) is 4.79 Å². The number of ketones is 1. The number of aliphatic hydroxyl groups is 1. The van der Waals surface area contributed by atoms with E-state index in [0.29, 0.717) is 13.0 Å². The summed E-state index contributed by atoms with van der Waals surface area (Å²) in [5, 5.41) is 14.2. The highest BCUT2D eigenvalue weighted by Gasteiger charge is 2.58. The Hall–Kier alpha value is -2.79. The predicted molar refractivity (Wildman–Crippen MR) is 143 cm³/mol. The predicted octanol–water partition coefficient (Wildman–Crippen LogP) is 3.91. The van der Waals surface area contributed by atoms with Crippen molar-refractivity contribution in [3.63, 3.8) is 0 Å². The molecule has 0 radical (unpaired) electrons. The fourth-order valence-corrected chi connectivity index (χ4v) is 11.8. The molecule has 2 heterocycles. The third-order valence-electron chi connectivity index (χ3n) is 7.32. The van der Waals surface area contributed by atoms with E-state index in [1.165, 1.54) is 4.31 Å². The molecular formula is C28H29NO4PS+. The lowest BCUT2D eigenvalue weighted by atomic mass is 9.88. The van der Waals surface area contributed by atoms with Crippen LogP contribution in [-0.2, 0) is 14.8 Å². The van der Waals surface area contributed by atoms with Gasteiger partial charge >= 0.3 is 0 Å². The van der Waals surface area contributed by atoms with E-state index in [-0.39, 0.29) is 11.9 Å². The minimum Gasteiger partial charge on any atom is -0.509 e. The highest BCUT2D eigenvalue weighted by molar-refractivity contribution is 7.97. The summed E-state index contributed by atoms with van der Waals surface area (Å²) in [6.45, 7) is 2.04. The molecule has 180 valence electrons. The van der Waals surface area contributed by atoms with Crippen LogP contribution in [0.1, 0.15) is 26.2 Å². The van der Waals surface area contributed by atoms with Crippen molar-refractivity contribution in [3.8, 4) is 0 Å². The molecule has 0 spiro atoms. The minimum atomic E-state index is -4.08. The summed E-state index contributed by atoms with van der Waals surface area (Å²) in [5.74, 6) is -0.822.